The lowest BCUT2D eigenvalue weighted by molar-refractivity contribution is -0.0125. The number of hydrogen-bond acceptors (Lipinski definition) is 5. The summed E-state index contributed by atoms with van der Waals surface area (Å²) in [6.45, 7) is 3.14. The summed E-state index contributed by atoms with van der Waals surface area (Å²) in [4.78, 5) is 1.98. The first-order valence-electron chi connectivity index (χ1n) is 12.9. The normalized spacial score (nSPS) is 16.6. The van der Waals surface area contributed by atoms with Crippen LogP contribution < -0.4 is 9.47 Å². The van der Waals surface area contributed by atoms with Crippen LogP contribution in [0.3, 0.4) is 0 Å². The fourth-order valence-corrected chi connectivity index (χ4v) is 4.77. The molecule has 3 aromatic carbocycles. The number of aryl methyl sites for hydroxylation is 2. The average Bonchev–Trinajstić information content (AvgIpc) is 2.88. The molecule has 0 amide bonds. The van der Waals surface area contributed by atoms with E-state index in [-0.39, 0.29) is 31.3 Å². The molecule has 0 aliphatic carbocycles. The van der Waals surface area contributed by atoms with Crippen LogP contribution in [0.5, 0.6) is 11.5 Å². The van der Waals surface area contributed by atoms with Crippen molar-refractivity contribution in [3.8, 4) is 11.5 Å². The van der Waals surface area contributed by atoms with Gasteiger partial charge in [0, 0.05) is 19.6 Å². The lowest BCUT2D eigenvalue weighted by Gasteiger charge is -2.33. The summed E-state index contributed by atoms with van der Waals surface area (Å²) in [6.07, 6.45) is 0.685. The van der Waals surface area contributed by atoms with Crippen molar-refractivity contribution >= 4 is 0 Å². The SMILES string of the molecule is CCCc1cc(F)ccc1OCC(O)CN(Cc1ccccc1)C[C@@H](O)[C@H]1CCc2cc(F)ccc2O1. The first kappa shape index (κ1) is 27.0. The van der Waals surface area contributed by atoms with Crippen LogP contribution in [-0.4, -0.2) is 53.1 Å². The van der Waals surface area contributed by atoms with Crippen LogP contribution in [0, 0.1) is 11.6 Å². The molecule has 1 heterocycles. The lowest BCUT2D eigenvalue weighted by atomic mass is 9.98. The molecule has 0 saturated carbocycles. The van der Waals surface area contributed by atoms with E-state index in [4.69, 9.17) is 9.47 Å². The molecule has 5 nitrogen and oxygen atoms in total. The summed E-state index contributed by atoms with van der Waals surface area (Å²) < 4.78 is 39.1. The molecule has 7 heteroatoms. The summed E-state index contributed by atoms with van der Waals surface area (Å²) in [6, 6.07) is 18.7. The Morgan fingerprint density at radius 2 is 1.76 bits per heavy atom. The standard InChI is InChI=1S/C30H35F2NO4/c1-2-6-22-15-24(31)10-13-28(22)36-20-26(34)18-33(17-21-7-4-3-5-8-21)19-27(35)30-12-9-23-16-25(32)11-14-29(23)37-30/h3-5,7-8,10-11,13-16,26-27,30,34-35H,2,6,9,12,17-20H2,1H3/t26?,27-,30-/m1/s1. The Kier molecular flexibility index (Phi) is 9.50. The van der Waals surface area contributed by atoms with Crippen molar-refractivity contribution in [3.63, 3.8) is 0 Å². The molecule has 3 atom stereocenters. The van der Waals surface area contributed by atoms with Crippen LogP contribution in [0.1, 0.15) is 36.5 Å². The Balaban J connectivity index is 1.39. The molecule has 0 radical (unpaired) electrons. The summed E-state index contributed by atoms with van der Waals surface area (Å²) in [5.74, 6) is 0.565. The largest absolute Gasteiger partial charge is 0.491 e. The highest BCUT2D eigenvalue weighted by atomic mass is 19.1. The van der Waals surface area contributed by atoms with E-state index in [1.807, 2.05) is 42.2 Å². The fourth-order valence-electron chi connectivity index (χ4n) is 4.77. The zero-order chi connectivity index (χ0) is 26.2. The second-order valence-corrected chi connectivity index (χ2v) is 9.66. The van der Waals surface area contributed by atoms with Crippen LogP contribution in [0.2, 0.25) is 0 Å². The van der Waals surface area contributed by atoms with Crippen LogP contribution >= 0.6 is 0 Å². The molecular weight excluding hydrogens is 476 g/mol. The number of aliphatic hydroxyl groups is 2. The lowest BCUT2D eigenvalue weighted by Crippen LogP contribution is -2.45. The van der Waals surface area contributed by atoms with Crippen LogP contribution in [0.25, 0.3) is 0 Å². The van der Waals surface area contributed by atoms with Gasteiger partial charge < -0.3 is 19.7 Å². The monoisotopic (exact) mass is 511 g/mol. The Bertz CT molecular complexity index is 1140. The van der Waals surface area contributed by atoms with Crippen LogP contribution in [-0.2, 0) is 19.4 Å². The van der Waals surface area contributed by atoms with E-state index < -0.39 is 18.3 Å². The molecule has 1 unspecified atom stereocenters. The predicted molar refractivity (Wildman–Crippen MR) is 139 cm³/mol. The molecule has 37 heavy (non-hydrogen) atoms. The maximum absolute atomic E-state index is 13.7. The van der Waals surface area contributed by atoms with Gasteiger partial charge in [-0.25, -0.2) is 8.78 Å². The third-order valence-corrected chi connectivity index (χ3v) is 6.56. The molecule has 1 aliphatic rings. The maximum Gasteiger partial charge on any atom is 0.126 e. The molecule has 198 valence electrons. The summed E-state index contributed by atoms with van der Waals surface area (Å²) in [7, 11) is 0. The van der Waals surface area contributed by atoms with Crippen molar-refractivity contribution in [1.29, 1.82) is 0 Å². The van der Waals surface area contributed by atoms with Gasteiger partial charge in [0.2, 0.25) is 0 Å². The van der Waals surface area contributed by atoms with E-state index >= 15 is 0 Å². The molecule has 4 rings (SSSR count). The number of ether oxygens (including phenoxy) is 2. The topological polar surface area (TPSA) is 62.2 Å². The number of hydrogen-bond donors (Lipinski definition) is 2. The first-order valence-corrected chi connectivity index (χ1v) is 12.9. The van der Waals surface area contributed by atoms with E-state index in [1.165, 1.54) is 24.3 Å². The third kappa shape index (κ3) is 7.74. The van der Waals surface area contributed by atoms with E-state index in [0.717, 1.165) is 23.1 Å². The van der Waals surface area contributed by atoms with Crippen molar-refractivity contribution in [3.05, 3.63) is 95.1 Å². The van der Waals surface area contributed by atoms with Gasteiger partial charge >= 0.3 is 0 Å². The minimum Gasteiger partial charge on any atom is -0.491 e. The van der Waals surface area contributed by atoms with Crippen LogP contribution in [0.4, 0.5) is 8.78 Å². The predicted octanol–water partition coefficient (Wildman–Crippen LogP) is 4.91. The Morgan fingerprint density at radius 1 is 1.00 bits per heavy atom. The van der Waals surface area contributed by atoms with Crippen molar-refractivity contribution in [1.82, 2.24) is 4.90 Å². The van der Waals surface area contributed by atoms with Gasteiger partial charge in [-0.05, 0) is 72.4 Å². The summed E-state index contributed by atoms with van der Waals surface area (Å²) >= 11 is 0. The first-order chi connectivity index (χ1) is 17.9. The van der Waals surface area contributed by atoms with Gasteiger partial charge in [-0.2, -0.15) is 0 Å². The van der Waals surface area contributed by atoms with E-state index in [1.54, 1.807) is 12.1 Å². The van der Waals surface area contributed by atoms with Gasteiger partial charge in [0.1, 0.15) is 48.1 Å². The zero-order valence-corrected chi connectivity index (χ0v) is 21.2. The Morgan fingerprint density at radius 3 is 2.54 bits per heavy atom. The van der Waals surface area contributed by atoms with Crippen molar-refractivity contribution in [2.75, 3.05) is 19.7 Å². The Labute approximate surface area is 217 Å². The van der Waals surface area contributed by atoms with Gasteiger partial charge in [0.25, 0.3) is 0 Å². The van der Waals surface area contributed by atoms with Crippen LogP contribution in [0.15, 0.2) is 66.7 Å². The van der Waals surface area contributed by atoms with Gasteiger partial charge in [-0.3, -0.25) is 4.90 Å². The van der Waals surface area contributed by atoms with Crippen molar-refractivity contribution < 1.29 is 28.5 Å². The molecule has 0 bridgehead atoms. The molecule has 0 spiro atoms. The molecule has 0 aromatic heterocycles. The van der Waals surface area contributed by atoms with Crippen molar-refractivity contribution in [2.45, 2.75) is 57.5 Å². The zero-order valence-electron chi connectivity index (χ0n) is 21.2. The van der Waals surface area contributed by atoms with Gasteiger partial charge in [0.05, 0.1) is 0 Å². The molecule has 0 fully saturated rings. The minimum absolute atomic E-state index is 0.0442. The maximum atomic E-state index is 13.7. The number of nitrogens with zero attached hydrogens (tertiary/aromatic N) is 1. The molecule has 3 aromatic rings. The molecule has 2 N–H and O–H groups in total. The fraction of sp³-hybridized carbons (Fsp3) is 0.400. The molecule has 1 aliphatic heterocycles. The number of aliphatic hydroxyl groups excluding tert-OH is 2. The molecular formula is C30H35F2NO4. The van der Waals surface area contributed by atoms with E-state index in [9.17, 15) is 19.0 Å². The van der Waals surface area contributed by atoms with Crippen molar-refractivity contribution in [2.24, 2.45) is 0 Å². The number of benzene rings is 3. The average molecular weight is 512 g/mol. The second kappa shape index (κ2) is 13.0. The molecule has 0 saturated heterocycles. The summed E-state index contributed by atoms with van der Waals surface area (Å²) in [5.41, 5.74) is 2.64. The van der Waals surface area contributed by atoms with Gasteiger partial charge in [-0.15, -0.1) is 0 Å². The minimum atomic E-state index is -0.827. The number of fused-ring (bicyclic) bond motifs is 1. The van der Waals surface area contributed by atoms with E-state index in [0.29, 0.717) is 37.3 Å². The third-order valence-electron chi connectivity index (χ3n) is 6.56. The Hall–Kier alpha value is -3.00. The summed E-state index contributed by atoms with van der Waals surface area (Å²) in [5, 5.41) is 21.9. The smallest absolute Gasteiger partial charge is 0.126 e. The highest BCUT2D eigenvalue weighted by Gasteiger charge is 2.29. The number of rotatable bonds is 12. The van der Waals surface area contributed by atoms with Gasteiger partial charge in [0.15, 0.2) is 0 Å². The number of halogens is 2. The second-order valence-electron chi connectivity index (χ2n) is 9.66. The highest BCUT2D eigenvalue weighted by molar-refractivity contribution is 5.36. The van der Waals surface area contributed by atoms with E-state index in [2.05, 4.69) is 0 Å². The quantitative estimate of drug-likeness (QED) is 0.362. The highest BCUT2D eigenvalue weighted by Crippen LogP contribution is 2.29. The van der Waals surface area contributed by atoms with Gasteiger partial charge in [-0.1, -0.05) is 43.7 Å².